The zero-order valence-corrected chi connectivity index (χ0v) is 8.09. The van der Waals surface area contributed by atoms with E-state index in [0.29, 0.717) is 24.7 Å². The van der Waals surface area contributed by atoms with Crippen LogP contribution in [-0.2, 0) is 4.74 Å². The fourth-order valence-electron chi connectivity index (χ4n) is 1.54. The molecule has 0 aliphatic carbocycles. The Morgan fingerprint density at radius 2 is 2.29 bits per heavy atom. The smallest absolute Gasteiger partial charge is 0.186 e. The Morgan fingerprint density at radius 1 is 1.50 bits per heavy atom. The lowest BCUT2D eigenvalue weighted by Gasteiger charge is -2.17. The molecule has 1 aliphatic heterocycles. The molecule has 0 atom stereocenters. The number of benzene rings is 1. The largest absolute Gasteiger partial charge is 0.477 e. The minimum atomic E-state index is -0.234. The molecule has 0 amide bonds. The molecule has 1 saturated heterocycles. The van der Waals surface area contributed by atoms with E-state index in [1.165, 1.54) is 6.07 Å². The van der Waals surface area contributed by atoms with Gasteiger partial charge in [-0.3, -0.25) is 0 Å². The Balaban J connectivity index is 2.39. The highest BCUT2D eigenvalue weighted by Crippen LogP contribution is 2.26. The third-order valence-electron chi connectivity index (χ3n) is 2.28. The van der Waals surface area contributed by atoms with Crippen molar-refractivity contribution in [1.82, 2.24) is 0 Å². The molecule has 1 aromatic carbocycles. The van der Waals surface area contributed by atoms with Crippen LogP contribution in [0.5, 0.6) is 0 Å². The highest BCUT2D eigenvalue weighted by molar-refractivity contribution is 5.54. The molecule has 2 nitrogen and oxygen atoms in total. The van der Waals surface area contributed by atoms with Crippen LogP contribution < -0.4 is 4.90 Å². The first-order valence-corrected chi connectivity index (χ1v) is 4.54. The van der Waals surface area contributed by atoms with Gasteiger partial charge in [-0.2, -0.15) is 0 Å². The van der Waals surface area contributed by atoms with Crippen molar-refractivity contribution in [1.29, 1.82) is 0 Å². The van der Waals surface area contributed by atoms with Crippen LogP contribution in [0.15, 0.2) is 30.7 Å². The monoisotopic (exact) mass is 193 g/mol. The molecule has 1 aromatic rings. The number of ether oxygens (including phenoxy) is 1. The van der Waals surface area contributed by atoms with Gasteiger partial charge in [0.1, 0.15) is 12.4 Å². The quantitative estimate of drug-likeness (QED) is 0.679. The topological polar surface area (TPSA) is 12.5 Å². The molecule has 0 saturated carbocycles. The van der Waals surface area contributed by atoms with Crippen molar-refractivity contribution in [2.24, 2.45) is 0 Å². The van der Waals surface area contributed by atoms with Gasteiger partial charge < -0.3 is 9.64 Å². The SMILES string of the molecule is C=C1OCCN1c1cc(C)ccc1F. The van der Waals surface area contributed by atoms with Gasteiger partial charge in [-0.25, -0.2) is 4.39 Å². The zero-order valence-electron chi connectivity index (χ0n) is 8.09. The standard InChI is InChI=1S/C11H12FNO/c1-8-3-4-10(12)11(7-8)13-5-6-14-9(13)2/h3-4,7H,2,5-6H2,1H3. The molecule has 0 spiro atoms. The highest BCUT2D eigenvalue weighted by Gasteiger charge is 2.20. The van der Waals surface area contributed by atoms with Crippen LogP contribution in [0.4, 0.5) is 10.1 Å². The van der Waals surface area contributed by atoms with Gasteiger partial charge in [0.05, 0.1) is 12.2 Å². The van der Waals surface area contributed by atoms with Gasteiger partial charge in [0.2, 0.25) is 0 Å². The maximum Gasteiger partial charge on any atom is 0.186 e. The average molecular weight is 193 g/mol. The fourth-order valence-corrected chi connectivity index (χ4v) is 1.54. The van der Waals surface area contributed by atoms with Crippen molar-refractivity contribution < 1.29 is 9.13 Å². The first kappa shape index (κ1) is 9.06. The molecule has 2 rings (SSSR count). The second-order valence-corrected chi connectivity index (χ2v) is 3.35. The highest BCUT2D eigenvalue weighted by atomic mass is 19.1. The van der Waals surface area contributed by atoms with Crippen LogP contribution in [0.1, 0.15) is 5.56 Å². The Bertz CT molecular complexity index is 376. The average Bonchev–Trinajstić information content (AvgIpc) is 2.56. The van der Waals surface area contributed by atoms with Gasteiger partial charge in [-0.05, 0) is 31.2 Å². The van der Waals surface area contributed by atoms with E-state index in [1.807, 2.05) is 6.92 Å². The number of nitrogens with zero attached hydrogens (tertiary/aromatic N) is 1. The molecule has 0 radical (unpaired) electrons. The van der Waals surface area contributed by atoms with Crippen LogP contribution in [0, 0.1) is 12.7 Å². The summed E-state index contributed by atoms with van der Waals surface area (Å²) < 4.78 is 18.6. The Kier molecular flexibility index (Phi) is 2.15. The summed E-state index contributed by atoms with van der Waals surface area (Å²) in [6.07, 6.45) is 0. The van der Waals surface area contributed by atoms with Crippen molar-refractivity contribution in [3.8, 4) is 0 Å². The summed E-state index contributed by atoms with van der Waals surface area (Å²) in [7, 11) is 0. The second-order valence-electron chi connectivity index (χ2n) is 3.35. The number of rotatable bonds is 1. The summed E-state index contributed by atoms with van der Waals surface area (Å²) in [6, 6.07) is 5.02. The van der Waals surface area contributed by atoms with Crippen LogP contribution >= 0.6 is 0 Å². The maximum atomic E-state index is 13.5. The van der Waals surface area contributed by atoms with E-state index in [4.69, 9.17) is 4.74 Å². The van der Waals surface area contributed by atoms with Crippen LogP contribution in [0.25, 0.3) is 0 Å². The molecule has 14 heavy (non-hydrogen) atoms. The van der Waals surface area contributed by atoms with Crippen LogP contribution in [0.3, 0.4) is 0 Å². The summed E-state index contributed by atoms with van der Waals surface area (Å²) >= 11 is 0. The molecule has 1 heterocycles. The number of halogens is 1. The third-order valence-corrected chi connectivity index (χ3v) is 2.28. The molecular weight excluding hydrogens is 181 g/mol. The first-order valence-electron chi connectivity index (χ1n) is 4.54. The lowest BCUT2D eigenvalue weighted by atomic mass is 10.2. The van der Waals surface area contributed by atoms with Gasteiger partial charge in [0.25, 0.3) is 0 Å². The molecule has 1 fully saturated rings. The normalized spacial score (nSPS) is 15.9. The van der Waals surface area contributed by atoms with Crippen molar-refractivity contribution in [3.05, 3.63) is 42.0 Å². The van der Waals surface area contributed by atoms with Crippen molar-refractivity contribution >= 4 is 5.69 Å². The summed E-state index contributed by atoms with van der Waals surface area (Å²) in [5.41, 5.74) is 1.58. The second kappa shape index (κ2) is 3.33. The summed E-state index contributed by atoms with van der Waals surface area (Å²) in [5, 5.41) is 0. The van der Waals surface area contributed by atoms with Crippen molar-refractivity contribution in [3.63, 3.8) is 0 Å². The molecule has 3 heteroatoms. The molecule has 74 valence electrons. The third kappa shape index (κ3) is 1.45. The van der Waals surface area contributed by atoms with E-state index in [0.717, 1.165) is 5.56 Å². The van der Waals surface area contributed by atoms with E-state index < -0.39 is 0 Å². The molecule has 0 unspecified atom stereocenters. The molecule has 0 bridgehead atoms. The van der Waals surface area contributed by atoms with Crippen LogP contribution in [0.2, 0.25) is 0 Å². The van der Waals surface area contributed by atoms with E-state index in [9.17, 15) is 4.39 Å². The fraction of sp³-hybridized carbons (Fsp3) is 0.273. The maximum absolute atomic E-state index is 13.5. The minimum absolute atomic E-state index is 0.234. The molecule has 0 N–H and O–H groups in total. The van der Waals surface area contributed by atoms with Gasteiger partial charge in [0, 0.05) is 0 Å². The summed E-state index contributed by atoms with van der Waals surface area (Å²) in [5.74, 6) is 0.289. The lowest BCUT2D eigenvalue weighted by molar-refractivity contribution is 0.270. The van der Waals surface area contributed by atoms with E-state index >= 15 is 0 Å². The summed E-state index contributed by atoms with van der Waals surface area (Å²) in [6.45, 7) is 6.89. The van der Waals surface area contributed by atoms with Gasteiger partial charge in [-0.1, -0.05) is 6.07 Å². The zero-order chi connectivity index (χ0) is 10.1. The number of aryl methyl sites for hydroxylation is 1. The van der Waals surface area contributed by atoms with Crippen LogP contribution in [-0.4, -0.2) is 13.2 Å². The van der Waals surface area contributed by atoms with E-state index in [2.05, 4.69) is 6.58 Å². The first-order chi connectivity index (χ1) is 6.68. The number of anilines is 1. The predicted octanol–water partition coefficient (Wildman–Crippen LogP) is 2.44. The summed E-state index contributed by atoms with van der Waals surface area (Å²) in [4.78, 5) is 1.75. The molecule has 0 aromatic heterocycles. The Labute approximate surface area is 82.6 Å². The molecular formula is C11H12FNO. The Morgan fingerprint density at radius 3 is 2.93 bits per heavy atom. The van der Waals surface area contributed by atoms with Crippen molar-refractivity contribution in [2.45, 2.75) is 6.92 Å². The van der Waals surface area contributed by atoms with E-state index in [-0.39, 0.29) is 5.82 Å². The van der Waals surface area contributed by atoms with Gasteiger partial charge in [-0.15, -0.1) is 0 Å². The lowest BCUT2D eigenvalue weighted by Crippen LogP contribution is -2.17. The van der Waals surface area contributed by atoms with E-state index in [1.54, 1.807) is 17.0 Å². The molecule has 1 aliphatic rings. The van der Waals surface area contributed by atoms with Gasteiger partial charge >= 0.3 is 0 Å². The Hall–Kier alpha value is -1.51. The van der Waals surface area contributed by atoms with Gasteiger partial charge in [0.15, 0.2) is 5.88 Å². The predicted molar refractivity (Wildman–Crippen MR) is 53.6 cm³/mol. The number of hydrogen-bond acceptors (Lipinski definition) is 2. The number of hydrogen-bond donors (Lipinski definition) is 0. The minimum Gasteiger partial charge on any atom is -0.477 e. The van der Waals surface area contributed by atoms with Crippen molar-refractivity contribution in [2.75, 3.05) is 18.1 Å².